The van der Waals surface area contributed by atoms with Crippen LogP contribution in [-0.4, -0.2) is 42.7 Å². The molecule has 9 heteroatoms. The van der Waals surface area contributed by atoms with Gasteiger partial charge in [-0.3, -0.25) is 14.3 Å². The number of pyridine rings is 1. The molecule has 0 spiro atoms. The number of esters is 1. The number of phenols is 2. The van der Waals surface area contributed by atoms with Gasteiger partial charge in [0.1, 0.15) is 5.75 Å². The second-order valence-corrected chi connectivity index (χ2v) is 8.29. The molecule has 176 valence electrons. The summed E-state index contributed by atoms with van der Waals surface area (Å²) in [6.07, 6.45) is 3.64. The van der Waals surface area contributed by atoms with Crippen molar-refractivity contribution in [3.05, 3.63) is 69.4 Å². The first kappa shape index (κ1) is 23.9. The van der Waals surface area contributed by atoms with Crippen molar-refractivity contribution in [1.29, 1.82) is 0 Å². The highest BCUT2D eigenvalue weighted by Gasteiger charge is 2.28. The summed E-state index contributed by atoms with van der Waals surface area (Å²) < 4.78 is 8.08. The fraction of sp³-hybridized carbons (Fsp3) is 0.375. The minimum atomic E-state index is -0.734. The Morgan fingerprint density at radius 3 is 2.45 bits per heavy atom. The van der Waals surface area contributed by atoms with Gasteiger partial charge in [0.15, 0.2) is 11.5 Å². The number of phenolic OH excluding ortho intramolecular Hbond substituents is 2. The van der Waals surface area contributed by atoms with Crippen LogP contribution in [0.3, 0.4) is 0 Å². The number of rotatable bonds is 8. The van der Waals surface area contributed by atoms with Crippen LogP contribution in [0.2, 0.25) is 0 Å². The van der Waals surface area contributed by atoms with Crippen molar-refractivity contribution < 1.29 is 24.9 Å². The van der Waals surface area contributed by atoms with Crippen molar-refractivity contribution in [2.75, 3.05) is 7.11 Å². The molecular weight excluding hydrogens is 426 g/mol. The first-order valence-electron chi connectivity index (χ1n) is 10.7. The second kappa shape index (κ2) is 9.81. The molecule has 1 aromatic carbocycles. The molecule has 3 aromatic rings. The lowest BCUT2D eigenvalue weighted by Crippen LogP contribution is -2.29. The number of hydrogen-bond donors (Lipinski definition) is 3. The first-order chi connectivity index (χ1) is 15.6. The molecule has 0 bridgehead atoms. The zero-order valence-corrected chi connectivity index (χ0v) is 19.1. The number of benzene rings is 1. The van der Waals surface area contributed by atoms with Crippen LogP contribution in [0.5, 0.6) is 17.2 Å². The molecule has 33 heavy (non-hydrogen) atoms. The van der Waals surface area contributed by atoms with E-state index in [1.807, 2.05) is 13.8 Å². The van der Waals surface area contributed by atoms with E-state index in [1.165, 1.54) is 29.9 Å². The standard InChI is InChI=1S/C24H29N3O6/c1-14(2)27-13-17(12-25-27)18(11-22(31)33-4)23-21(30)9-15(3)26(24(23)32)8-7-16-5-6-19(28)20(29)10-16/h5-6,9-10,12-14,18,28-30H,7-8,11H2,1-4H3. The number of aryl methyl sites for hydroxylation is 2. The minimum Gasteiger partial charge on any atom is -0.507 e. The van der Waals surface area contributed by atoms with E-state index in [0.717, 1.165) is 5.56 Å². The molecule has 1 unspecified atom stereocenters. The lowest BCUT2D eigenvalue weighted by molar-refractivity contribution is -0.140. The zero-order valence-electron chi connectivity index (χ0n) is 19.1. The fourth-order valence-electron chi connectivity index (χ4n) is 3.79. The van der Waals surface area contributed by atoms with E-state index in [1.54, 1.807) is 30.1 Å². The van der Waals surface area contributed by atoms with E-state index < -0.39 is 17.4 Å². The number of carbonyl (C=O) groups excluding carboxylic acids is 1. The zero-order chi connectivity index (χ0) is 24.3. The van der Waals surface area contributed by atoms with Crippen LogP contribution in [0.25, 0.3) is 0 Å². The molecule has 0 aliphatic heterocycles. The quantitative estimate of drug-likeness (QED) is 0.352. The summed E-state index contributed by atoms with van der Waals surface area (Å²) in [7, 11) is 1.28. The first-order valence-corrected chi connectivity index (χ1v) is 10.7. The average molecular weight is 456 g/mol. The van der Waals surface area contributed by atoms with E-state index in [4.69, 9.17) is 4.74 Å². The third-order valence-electron chi connectivity index (χ3n) is 5.69. The van der Waals surface area contributed by atoms with Gasteiger partial charge in [0, 0.05) is 30.4 Å². The van der Waals surface area contributed by atoms with E-state index in [9.17, 15) is 24.9 Å². The number of aromatic hydroxyl groups is 3. The Bertz CT molecular complexity index is 1210. The number of nitrogens with zero attached hydrogens (tertiary/aromatic N) is 3. The molecule has 2 heterocycles. The van der Waals surface area contributed by atoms with Crippen molar-refractivity contribution in [1.82, 2.24) is 14.3 Å². The van der Waals surface area contributed by atoms with Gasteiger partial charge in [0.2, 0.25) is 0 Å². The molecule has 3 rings (SSSR count). The van der Waals surface area contributed by atoms with Gasteiger partial charge in [-0.05, 0) is 56.5 Å². The number of aromatic nitrogens is 3. The van der Waals surface area contributed by atoms with Gasteiger partial charge in [-0.2, -0.15) is 5.10 Å². The summed E-state index contributed by atoms with van der Waals surface area (Å²) in [6, 6.07) is 6.08. The molecule has 1 atom stereocenters. The number of carbonyl (C=O) groups is 1. The summed E-state index contributed by atoms with van der Waals surface area (Å²) in [6.45, 7) is 5.91. The van der Waals surface area contributed by atoms with E-state index >= 15 is 0 Å². The summed E-state index contributed by atoms with van der Waals surface area (Å²) in [5, 5.41) is 34.3. The van der Waals surface area contributed by atoms with Crippen LogP contribution in [0, 0.1) is 6.92 Å². The Balaban J connectivity index is 2.03. The largest absolute Gasteiger partial charge is 0.507 e. The van der Waals surface area contributed by atoms with Crippen molar-refractivity contribution in [3.8, 4) is 17.2 Å². The normalized spacial score (nSPS) is 12.2. The maximum atomic E-state index is 13.5. The number of hydrogen-bond acceptors (Lipinski definition) is 7. The van der Waals surface area contributed by atoms with Gasteiger partial charge < -0.3 is 24.6 Å². The smallest absolute Gasteiger partial charge is 0.306 e. The maximum absolute atomic E-state index is 13.5. The summed E-state index contributed by atoms with van der Waals surface area (Å²) in [4.78, 5) is 25.7. The van der Waals surface area contributed by atoms with Gasteiger partial charge in [0.05, 0.1) is 25.3 Å². The second-order valence-electron chi connectivity index (χ2n) is 8.29. The summed E-state index contributed by atoms with van der Waals surface area (Å²) >= 11 is 0. The Morgan fingerprint density at radius 1 is 1.12 bits per heavy atom. The molecule has 2 aromatic heterocycles. The molecule has 0 aliphatic carbocycles. The molecule has 0 radical (unpaired) electrons. The number of ether oxygens (including phenoxy) is 1. The Labute approximate surface area is 191 Å². The van der Waals surface area contributed by atoms with E-state index in [-0.39, 0.29) is 41.8 Å². The summed E-state index contributed by atoms with van der Waals surface area (Å²) in [5.74, 6) is -1.89. The van der Waals surface area contributed by atoms with Gasteiger partial charge >= 0.3 is 5.97 Å². The van der Waals surface area contributed by atoms with Crippen molar-refractivity contribution in [2.45, 2.75) is 52.1 Å². The molecule has 3 N–H and O–H groups in total. The molecule has 0 amide bonds. The van der Waals surface area contributed by atoms with Gasteiger partial charge in [-0.25, -0.2) is 0 Å². The van der Waals surface area contributed by atoms with Gasteiger partial charge in [0.25, 0.3) is 5.56 Å². The van der Waals surface area contributed by atoms with Crippen molar-refractivity contribution in [3.63, 3.8) is 0 Å². The molecule has 0 saturated carbocycles. The Kier molecular flexibility index (Phi) is 7.10. The van der Waals surface area contributed by atoms with E-state index in [2.05, 4.69) is 5.10 Å². The summed E-state index contributed by atoms with van der Waals surface area (Å²) in [5.41, 5.74) is 1.60. The highest BCUT2D eigenvalue weighted by Crippen LogP contribution is 2.33. The van der Waals surface area contributed by atoms with Crippen LogP contribution in [0.4, 0.5) is 0 Å². The van der Waals surface area contributed by atoms with Crippen molar-refractivity contribution >= 4 is 5.97 Å². The van der Waals surface area contributed by atoms with Crippen LogP contribution in [0.1, 0.15) is 54.6 Å². The van der Waals surface area contributed by atoms with Crippen molar-refractivity contribution in [2.24, 2.45) is 0 Å². The Morgan fingerprint density at radius 2 is 1.85 bits per heavy atom. The Hall–Kier alpha value is -3.75. The van der Waals surface area contributed by atoms with Gasteiger partial charge in [-0.15, -0.1) is 0 Å². The topological polar surface area (TPSA) is 127 Å². The lowest BCUT2D eigenvalue weighted by atomic mass is 9.90. The highest BCUT2D eigenvalue weighted by molar-refractivity contribution is 5.71. The van der Waals surface area contributed by atoms with Crippen LogP contribution >= 0.6 is 0 Å². The SMILES string of the molecule is COC(=O)CC(c1cnn(C(C)C)c1)c1c(O)cc(C)n(CCc2ccc(O)c(O)c2)c1=O. The average Bonchev–Trinajstić information content (AvgIpc) is 3.25. The monoisotopic (exact) mass is 455 g/mol. The molecular formula is C24H29N3O6. The molecule has 0 aliphatic rings. The molecule has 0 fully saturated rings. The maximum Gasteiger partial charge on any atom is 0.306 e. The minimum absolute atomic E-state index is 0.0857. The predicted molar refractivity (Wildman–Crippen MR) is 122 cm³/mol. The van der Waals surface area contributed by atoms with Crippen LogP contribution in [0.15, 0.2) is 41.5 Å². The van der Waals surface area contributed by atoms with Crippen LogP contribution < -0.4 is 5.56 Å². The number of methoxy groups -OCH3 is 1. The van der Waals surface area contributed by atoms with Crippen LogP contribution in [-0.2, 0) is 22.5 Å². The van der Waals surface area contributed by atoms with Gasteiger partial charge in [-0.1, -0.05) is 6.07 Å². The lowest BCUT2D eigenvalue weighted by Gasteiger charge is -2.19. The fourth-order valence-corrected chi connectivity index (χ4v) is 3.79. The van der Waals surface area contributed by atoms with E-state index in [0.29, 0.717) is 17.7 Å². The third kappa shape index (κ3) is 5.19. The molecule has 0 saturated heterocycles. The third-order valence-corrected chi connectivity index (χ3v) is 5.69. The highest BCUT2D eigenvalue weighted by atomic mass is 16.5. The predicted octanol–water partition coefficient (Wildman–Crippen LogP) is 2.99. The molecule has 9 nitrogen and oxygen atoms in total.